The summed E-state index contributed by atoms with van der Waals surface area (Å²) in [4.78, 5) is 45.6. The van der Waals surface area contributed by atoms with Crippen LogP contribution in [0.3, 0.4) is 0 Å². The van der Waals surface area contributed by atoms with Crippen LogP contribution in [0, 0.1) is 0 Å². The van der Waals surface area contributed by atoms with E-state index in [0.717, 1.165) is 13.8 Å². The van der Waals surface area contributed by atoms with Crippen LogP contribution in [-0.2, 0) is 42.9 Å². The van der Waals surface area contributed by atoms with Crippen LogP contribution >= 0.6 is 0 Å². The van der Waals surface area contributed by atoms with Crippen molar-refractivity contribution in [3.63, 3.8) is 0 Å². The van der Waals surface area contributed by atoms with Gasteiger partial charge >= 0.3 is 23.9 Å². The summed E-state index contributed by atoms with van der Waals surface area (Å²) in [5.74, 6) is -2.59. The van der Waals surface area contributed by atoms with E-state index in [2.05, 4.69) is 12.3 Å². The van der Waals surface area contributed by atoms with Crippen molar-refractivity contribution in [3.8, 4) is 0 Å². The maximum absolute atomic E-state index is 11.5. The molecule has 1 heterocycles. The predicted octanol–water partition coefficient (Wildman–Crippen LogP) is 0.453. The number of esters is 4. The van der Waals surface area contributed by atoms with Crippen LogP contribution in [-0.4, -0.2) is 61.0 Å². The van der Waals surface area contributed by atoms with Gasteiger partial charge in [0.05, 0.1) is 0 Å². The highest BCUT2D eigenvalue weighted by atomic mass is 16.7. The van der Waals surface area contributed by atoms with Crippen LogP contribution in [0.4, 0.5) is 0 Å². The van der Waals surface area contributed by atoms with Crippen molar-refractivity contribution in [3.05, 3.63) is 18.4 Å². The van der Waals surface area contributed by atoms with E-state index >= 15 is 0 Å². The monoisotopic (exact) mass is 370 g/mol. The summed E-state index contributed by atoms with van der Waals surface area (Å²) >= 11 is 0. The van der Waals surface area contributed by atoms with Crippen molar-refractivity contribution in [2.75, 3.05) is 6.61 Å². The number of rotatable bonds is 6. The van der Waals surface area contributed by atoms with Crippen LogP contribution in [0.15, 0.2) is 18.4 Å². The average Bonchev–Trinajstić information content (AvgIpc) is 2.50. The first-order chi connectivity index (χ1) is 12.1. The van der Waals surface area contributed by atoms with Crippen molar-refractivity contribution >= 4 is 23.9 Å². The van der Waals surface area contributed by atoms with Gasteiger partial charge in [0.1, 0.15) is 18.8 Å². The van der Waals surface area contributed by atoms with Crippen molar-refractivity contribution in [2.24, 2.45) is 0 Å². The standard InChI is InChI=1S/C17H22O9/c1-6-7-13-15(23-10(3)19)17(25-12(5)21)16(24-11(4)20)14(26-13)8-22-9(2)18/h7,13-17H,1,8H2,2-5H3/t13-,14+,15-,16-,17+/m0/s1. The summed E-state index contributed by atoms with van der Waals surface area (Å²) in [6.07, 6.45) is -3.95. The lowest BCUT2D eigenvalue weighted by molar-refractivity contribution is -0.244. The second-order valence-corrected chi connectivity index (χ2v) is 5.53. The normalized spacial score (nSPS) is 27.5. The van der Waals surface area contributed by atoms with Crippen molar-refractivity contribution in [1.82, 2.24) is 0 Å². The quantitative estimate of drug-likeness (QED) is 0.373. The Labute approximate surface area is 150 Å². The first-order valence-electron chi connectivity index (χ1n) is 7.82. The Kier molecular flexibility index (Phi) is 8.02. The Morgan fingerprint density at radius 1 is 0.885 bits per heavy atom. The molecule has 1 aliphatic rings. The molecule has 144 valence electrons. The van der Waals surface area contributed by atoms with E-state index < -0.39 is 54.4 Å². The molecule has 1 saturated heterocycles. The predicted molar refractivity (Wildman–Crippen MR) is 85.7 cm³/mol. The molecule has 0 N–H and O–H groups in total. The van der Waals surface area contributed by atoms with Crippen molar-refractivity contribution in [2.45, 2.75) is 58.2 Å². The first kappa shape index (κ1) is 21.4. The zero-order chi connectivity index (χ0) is 19.9. The molecule has 0 amide bonds. The molecule has 9 nitrogen and oxygen atoms in total. The highest BCUT2D eigenvalue weighted by molar-refractivity contribution is 5.68. The number of hydrogen-bond donors (Lipinski definition) is 0. The Bertz CT molecular complexity index is 605. The van der Waals surface area contributed by atoms with Gasteiger partial charge in [-0.15, -0.1) is 5.73 Å². The van der Waals surface area contributed by atoms with Crippen LogP contribution in [0.25, 0.3) is 0 Å². The largest absolute Gasteiger partial charge is 0.463 e. The molecule has 0 radical (unpaired) electrons. The summed E-state index contributed by atoms with van der Waals surface area (Å²) in [6, 6.07) is 0. The summed E-state index contributed by atoms with van der Waals surface area (Å²) in [5.41, 5.74) is 2.51. The van der Waals surface area contributed by atoms with Gasteiger partial charge in [-0.25, -0.2) is 0 Å². The fourth-order valence-electron chi connectivity index (χ4n) is 2.51. The Balaban J connectivity index is 3.28. The van der Waals surface area contributed by atoms with Gasteiger partial charge in [-0.1, -0.05) is 6.58 Å². The van der Waals surface area contributed by atoms with Gasteiger partial charge in [0.25, 0.3) is 0 Å². The smallest absolute Gasteiger partial charge is 0.303 e. The maximum Gasteiger partial charge on any atom is 0.303 e. The summed E-state index contributed by atoms with van der Waals surface area (Å²) in [5, 5.41) is 0. The molecule has 1 aliphatic heterocycles. The molecule has 0 saturated carbocycles. The minimum Gasteiger partial charge on any atom is -0.463 e. The Hall–Kier alpha value is -2.64. The van der Waals surface area contributed by atoms with Crippen molar-refractivity contribution in [1.29, 1.82) is 0 Å². The zero-order valence-corrected chi connectivity index (χ0v) is 15.1. The highest BCUT2D eigenvalue weighted by Crippen LogP contribution is 2.29. The third-order valence-corrected chi connectivity index (χ3v) is 3.31. The maximum atomic E-state index is 11.5. The molecule has 1 fully saturated rings. The number of ether oxygens (including phenoxy) is 5. The molecule has 0 aliphatic carbocycles. The van der Waals surface area contributed by atoms with Crippen molar-refractivity contribution < 1.29 is 42.9 Å². The number of carbonyl (C=O) groups excluding carboxylic acids is 4. The van der Waals surface area contributed by atoms with E-state index in [1.807, 2.05) is 0 Å². The van der Waals surface area contributed by atoms with Gasteiger partial charge in [-0.05, 0) is 6.08 Å². The topological polar surface area (TPSA) is 114 Å². The Morgan fingerprint density at radius 2 is 1.38 bits per heavy atom. The fraction of sp³-hybridized carbons (Fsp3) is 0.588. The lowest BCUT2D eigenvalue weighted by Crippen LogP contribution is -2.61. The summed E-state index contributed by atoms with van der Waals surface area (Å²) in [7, 11) is 0. The fourth-order valence-corrected chi connectivity index (χ4v) is 2.51. The van der Waals surface area contributed by atoms with Gasteiger partial charge in [-0.3, -0.25) is 19.2 Å². The molecular formula is C17H22O9. The second kappa shape index (κ2) is 9.74. The SMILES string of the molecule is C=C=C[C@@H]1O[C@H](COC(C)=O)[C@H](OC(C)=O)[C@H](OC(C)=O)[C@H]1OC(C)=O. The summed E-state index contributed by atoms with van der Waals surface area (Å²) < 4.78 is 26.4. The molecule has 0 aromatic rings. The average molecular weight is 370 g/mol. The lowest BCUT2D eigenvalue weighted by atomic mass is 9.94. The molecular weight excluding hydrogens is 348 g/mol. The first-order valence-corrected chi connectivity index (χ1v) is 7.82. The van der Waals surface area contributed by atoms with E-state index in [1.54, 1.807) is 0 Å². The van der Waals surface area contributed by atoms with Crippen LogP contribution in [0.5, 0.6) is 0 Å². The molecule has 0 unspecified atom stereocenters. The van der Waals surface area contributed by atoms with Gasteiger partial charge in [-0.2, -0.15) is 0 Å². The van der Waals surface area contributed by atoms with Gasteiger partial charge in [0, 0.05) is 27.7 Å². The third-order valence-electron chi connectivity index (χ3n) is 3.31. The minimum atomic E-state index is -1.18. The molecule has 26 heavy (non-hydrogen) atoms. The molecule has 5 atom stereocenters. The van der Waals surface area contributed by atoms with E-state index in [4.69, 9.17) is 23.7 Å². The molecule has 1 rings (SSSR count). The molecule has 0 aromatic heterocycles. The molecule has 0 aromatic carbocycles. The van der Waals surface area contributed by atoms with Crippen LogP contribution in [0.2, 0.25) is 0 Å². The molecule has 0 bridgehead atoms. The minimum absolute atomic E-state index is 0.265. The lowest BCUT2D eigenvalue weighted by Gasteiger charge is -2.43. The number of carbonyl (C=O) groups is 4. The van der Waals surface area contributed by atoms with Gasteiger partial charge in [0.2, 0.25) is 0 Å². The van der Waals surface area contributed by atoms with Crippen LogP contribution in [0.1, 0.15) is 27.7 Å². The second-order valence-electron chi connectivity index (χ2n) is 5.53. The van der Waals surface area contributed by atoms with E-state index in [1.165, 1.54) is 19.9 Å². The highest BCUT2D eigenvalue weighted by Gasteiger charge is 2.51. The van der Waals surface area contributed by atoms with E-state index in [-0.39, 0.29) is 6.61 Å². The molecule has 0 spiro atoms. The Morgan fingerprint density at radius 3 is 1.85 bits per heavy atom. The zero-order valence-electron chi connectivity index (χ0n) is 15.1. The summed E-state index contributed by atoms with van der Waals surface area (Å²) in [6.45, 7) is 7.87. The van der Waals surface area contributed by atoms with Gasteiger partial charge in [0.15, 0.2) is 18.3 Å². The van der Waals surface area contributed by atoms with E-state index in [9.17, 15) is 19.2 Å². The number of hydrogen-bond acceptors (Lipinski definition) is 9. The van der Waals surface area contributed by atoms with E-state index in [0.29, 0.717) is 0 Å². The third kappa shape index (κ3) is 6.34. The van der Waals surface area contributed by atoms with Gasteiger partial charge < -0.3 is 23.7 Å². The molecule has 9 heteroatoms. The van der Waals surface area contributed by atoms with Crippen LogP contribution < -0.4 is 0 Å².